The Bertz CT molecular complexity index is 1420. The first-order chi connectivity index (χ1) is 17.6. The van der Waals surface area contributed by atoms with Crippen LogP contribution in [0.2, 0.25) is 5.02 Å². The molecule has 178 valence electrons. The molecule has 1 heterocycles. The normalized spacial score (nSPS) is 10.9. The van der Waals surface area contributed by atoms with Crippen LogP contribution in [0.1, 0.15) is 11.1 Å². The number of carbonyl (C=O) groups is 1. The van der Waals surface area contributed by atoms with Crippen molar-refractivity contribution in [1.82, 2.24) is 15.1 Å². The Morgan fingerprint density at radius 2 is 1.81 bits per heavy atom. The highest BCUT2D eigenvalue weighted by Gasteiger charge is 2.15. The molecule has 0 bridgehead atoms. The summed E-state index contributed by atoms with van der Waals surface area (Å²) >= 11 is 5.94. The summed E-state index contributed by atoms with van der Waals surface area (Å²) in [6.45, 7) is 4.27. The molecule has 1 amide bonds. The van der Waals surface area contributed by atoms with Crippen molar-refractivity contribution in [2.24, 2.45) is 0 Å². The zero-order valence-corrected chi connectivity index (χ0v) is 20.2. The summed E-state index contributed by atoms with van der Waals surface area (Å²) in [7, 11) is 0. The first kappa shape index (κ1) is 24.5. The zero-order chi connectivity index (χ0) is 25.3. The lowest BCUT2D eigenvalue weighted by molar-refractivity contribution is -0.116. The van der Waals surface area contributed by atoms with Crippen molar-refractivity contribution in [3.05, 3.63) is 119 Å². The number of ether oxygens (including phenoxy) is 1. The molecule has 4 aromatic rings. The van der Waals surface area contributed by atoms with E-state index in [1.165, 1.54) is 0 Å². The zero-order valence-electron chi connectivity index (χ0n) is 19.4. The van der Waals surface area contributed by atoms with Crippen LogP contribution in [-0.4, -0.2) is 22.2 Å². The van der Waals surface area contributed by atoms with Crippen LogP contribution in [0.3, 0.4) is 0 Å². The molecule has 0 unspecified atom stereocenters. The number of hydrogen-bond donors (Lipinski definition) is 1. The van der Waals surface area contributed by atoms with Crippen molar-refractivity contribution >= 4 is 23.6 Å². The van der Waals surface area contributed by atoms with Gasteiger partial charge in [0, 0.05) is 28.9 Å². The Hall–Kier alpha value is -4.60. The molecular formula is C29H23ClN4O2. The van der Waals surface area contributed by atoms with Gasteiger partial charge in [-0.3, -0.25) is 4.79 Å². The van der Waals surface area contributed by atoms with Gasteiger partial charge in [-0.15, -0.1) is 6.58 Å². The first-order valence-electron chi connectivity index (χ1n) is 11.2. The molecular weight excluding hydrogens is 472 g/mol. The molecule has 7 heteroatoms. The maximum atomic E-state index is 12.4. The lowest BCUT2D eigenvalue weighted by Gasteiger charge is -2.07. The Morgan fingerprint density at radius 1 is 1.08 bits per heavy atom. The molecule has 36 heavy (non-hydrogen) atoms. The van der Waals surface area contributed by atoms with E-state index < -0.39 is 5.91 Å². The number of carbonyl (C=O) groups excluding carboxylic acids is 1. The number of nitriles is 1. The van der Waals surface area contributed by atoms with Gasteiger partial charge >= 0.3 is 0 Å². The van der Waals surface area contributed by atoms with Crippen molar-refractivity contribution in [3.63, 3.8) is 0 Å². The molecule has 4 rings (SSSR count). The van der Waals surface area contributed by atoms with Crippen molar-refractivity contribution in [3.8, 4) is 28.8 Å². The monoisotopic (exact) mass is 494 g/mol. The second kappa shape index (κ2) is 11.7. The fraction of sp³-hybridized carbons (Fsp3) is 0.0690. The van der Waals surface area contributed by atoms with Gasteiger partial charge in [0.15, 0.2) is 0 Å². The third-order valence-electron chi connectivity index (χ3n) is 5.28. The number of halogens is 1. The third-order valence-corrected chi connectivity index (χ3v) is 5.53. The van der Waals surface area contributed by atoms with Crippen LogP contribution >= 0.6 is 11.6 Å². The summed E-state index contributed by atoms with van der Waals surface area (Å²) in [5.74, 6) is 0.233. The number of amides is 1. The third kappa shape index (κ3) is 6.09. The minimum Gasteiger partial charge on any atom is -0.489 e. The van der Waals surface area contributed by atoms with E-state index in [1.54, 1.807) is 23.0 Å². The SMILES string of the molecule is C=CCNC(=O)/C(C#N)=C/c1cn(-c2ccccc2)nc1-c1ccc(OCc2ccc(Cl)cc2)cc1. The van der Waals surface area contributed by atoms with Gasteiger partial charge in [-0.25, -0.2) is 4.68 Å². The van der Waals surface area contributed by atoms with E-state index in [1.807, 2.05) is 84.9 Å². The lowest BCUT2D eigenvalue weighted by Crippen LogP contribution is -2.24. The molecule has 0 aliphatic rings. The molecule has 0 aliphatic carbocycles. The molecule has 0 radical (unpaired) electrons. The van der Waals surface area contributed by atoms with E-state index in [4.69, 9.17) is 21.4 Å². The summed E-state index contributed by atoms with van der Waals surface area (Å²) in [6.07, 6.45) is 4.90. The Labute approximate surface area is 214 Å². The molecule has 0 fully saturated rings. The van der Waals surface area contributed by atoms with Crippen LogP contribution in [0.4, 0.5) is 0 Å². The smallest absolute Gasteiger partial charge is 0.262 e. The number of benzene rings is 3. The molecule has 0 saturated carbocycles. The summed E-state index contributed by atoms with van der Waals surface area (Å²) in [6, 6.07) is 26.6. The number of para-hydroxylation sites is 1. The number of hydrogen-bond acceptors (Lipinski definition) is 4. The van der Waals surface area contributed by atoms with Crippen molar-refractivity contribution in [1.29, 1.82) is 5.26 Å². The van der Waals surface area contributed by atoms with E-state index in [9.17, 15) is 10.1 Å². The topological polar surface area (TPSA) is 79.9 Å². The van der Waals surface area contributed by atoms with Gasteiger partial charge < -0.3 is 10.1 Å². The van der Waals surface area contributed by atoms with Crippen LogP contribution in [0, 0.1) is 11.3 Å². The Kier molecular flexibility index (Phi) is 7.97. The largest absolute Gasteiger partial charge is 0.489 e. The second-order valence-corrected chi connectivity index (χ2v) is 8.26. The van der Waals surface area contributed by atoms with Crippen LogP contribution < -0.4 is 10.1 Å². The van der Waals surface area contributed by atoms with Crippen LogP contribution in [0.15, 0.2) is 103 Å². The van der Waals surface area contributed by atoms with Crippen molar-refractivity contribution < 1.29 is 9.53 Å². The average molecular weight is 495 g/mol. The molecule has 6 nitrogen and oxygen atoms in total. The average Bonchev–Trinajstić information content (AvgIpc) is 3.34. The predicted molar refractivity (Wildman–Crippen MR) is 142 cm³/mol. The van der Waals surface area contributed by atoms with Gasteiger partial charge in [0.05, 0.1) is 11.4 Å². The summed E-state index contributed by atoms with van der Waals surface area (Å²) in [5.41, 5.74) is 3.94. The molecule has 1 N–H and O–H groups in total. The molecule has 0 atom stereocenters. The Morgan fingerprint density at radius 3 is 2.47 bits per heavy atom. The van der Waals surface area contributed by atoms with Gasteiger partial charge in [0.25, 0.3) is 5.91 Å². The van der Waals surface area contributed by atoms with Crippen LogP contribution in [-0.2, 0) is 11.4 Å². The lowest BCUT2D eigenvalue weighted by atomic mass is 10.1. The highest BCUT2D eigenvalue weighted by atomic mass is 35.5. The fourth-order valence-corrected chi connectivity index (χ4v) is 3.58. The molecule has 0 saturated heterocycles. The predicted octanol–water partition coefficient (Wildman–Crippen LogP) is 5.98. The molecule has 1 aromatic heterocycles. The summed E-state index contributed by atoms with van der Waals surface area (Å²) in [4.78, 5) is 12.4. The minimum atomic E-state index is -0.471. The van der Waals surface area contributed by atoms with E-state index >= 15 is 0 Å². The number of nitrogens with zero attached hydrogens (tertiary/aromatic N) is 3. The second-order valence-electron chi connectivity index (χ2n) is 7.82. The number of aromatic nitrogens is 2. The first-order valence-corrected chi connectivity index (χ1v) is 11.6. The highest BCUT2D eigenvalue weighted by molar-refractivity contribution is 6.30. The molecule has 3 aromatic carbocycles. The van der Waals surface area contributed by atoms with Gasteiger partial charge in [-0.2, -0.15) is 10.4 Å². The summed E-state index contributed by atoms with van der Waals surface area (Å²) in [5, 5.41) is 17.7. The van der Waals surface area contributed by atoms with E-state index in [0.29, 0.717) is 28.6 Å². The van der Waals surface area contributed by atoms with Gasteiger partial charge in [-0.1, -0.05) is 48.0 Å². The minimum absolute atomic E-state index is 0.0198. The maximum absolute atomic E-state index is 12.4. The molecule has 0 aliphatic heterocycles. The van der Waals surface area contributed by atoms with E-state index in [-0.39, 0.29) is 12.1 Å². The number of nitrogens with one attached hydrogen (secondary N) is 1. The Balaban J connectivity index is 1.64. The van der Waals surface area contributed by atoms with Gasteiger partial charge in [0.2, 0.25) is 0 Å². The summed E-state index contributed by atoms with van der Waals surface area (Å²) < 4.78 is 7.62. The standard InChI is InChI=1S/C29H23ClN4O2/c1-2-16-32-29(35)23(18-31)17-24-19-34(26-6-4-3-5-7-26)33-28(24)22-10-14-27(15-11-22)36-20-21-8-12-25(30)13-9-21/h2-15,17,19H,1,16,20H2,(H,32,35)/b23-17+. The van der Waals surface area contributed by atoms with E-state index in [2.05, 4.69) is 11.9 Å². The quantitative estimate of drug-likeness (QED) is 0.176. The highest BCUT2D eigenvalue weighted by Crippen LogP contribution is 2.28. The van der Waals surface area contributed by atoms with Crippen LogP contribution in [0.5, 0.6) is 5.75 Å². The van der Waals surface area contributed by atoms with Gasteiger partial charge in [-0.05, 0) is 60.2 Å². The van der Waals surface area contributed by atoms with Crippen molar-refractivity contribution in [2.45, 2.75) is 6.61 Å². The van der Waals surface area contributed by atoms with Crippen LogP contribution in [0.25, 0.3) is 23.0 Å². The fourth-order valence-electron chi connectivity index (χ4n) is 3.45. The number of rotatable bonds is 9. The van der Waals surface area contributed by atoms with E-state index in [0.717, 1.165) is 16.8 Å². The molecule has 0 spiro atoms. The maximum Gasteiger partial charge on any atom is 0.262 e. The van der Waals surface area contributed by atoms with Crippen molar-refractivity contribution in [2.75, 3.05) is 6.54 Å². The van der Waals surface area contributed by atoms with Gasteiger partial charge in [0.1, 0.15) is 24.0 Å².